The van der Waals surface area contributed by atoms with Crippen LogP contribution < -0.4 is 0 Å². The molecule has 0 saturated heterocycles. The van der Waals surface area contributed by atoms with Gasteiger partial charge >= 0.3 is 5.72 Å². The Hall–Kier alpha value is 0.00481. The van der Waals surface area contributed by atoms with Crippen LogP contribution in [0.25, 0.3) is 4.85 Å². The molecule has 15 nitrogen and oxygen atoms in total. The van der Waals surface area contributed by atoms with Gasteiger partial charge in [-0.25, -0.2) is 6.57 Å². The van der Waals surface area contributed by atoms with Gasteiger partial charge < -0.3 is 59.3 Å². The largest absolute Gasteiger partial charge is 0.395 e. The average Bonchev–Trinajstić information content (AvgIpc) is 2.98. The molecule has 4 unspecified atom stereocenters. The summed E-state index contributed by atoms with van der Waals surface area (Å²) in [5, 5.41) is 44.3. The fourth-order valence-corrected chi connectivity index (χ4v) is 12.6. The lowest BCUT2D eigenvalue weighted by Gasteiger charge is -2.22. The number of ether oxygens (including phenoxy) is 3. The molecule has 0 amide bonds. The van der Waals surface area contributed by atoms with E-state index in [0.29, 0.717) is 12.8 Å². The topological polar surface area (TPSA) is 248 Å². The van der Waals surface area contributed by atoms with Gasteiger partial charge in [0.1, 0.15) is 23.5 Å². The first-order valence-corrected chi connectivity index (χ1v) is 23.7. The van der Waals surface area contributed by atoms with Crippen molar-refractivity contribution in [3.63, 3.8) is 0 Å². The molecule has 0 aromatic carbocycles. The van der Waals surface area contributed by atoms with Crippen molar-refractivity contribution in [2.75, 3.05) is 64.3 Å². The monoisotopic (exact) mass is 761 g/mol. The lowest BCUT2D eigenvalue weighted by atomic mass is 9.97. The summed E-state index contributed by atoms with van der Waals surface area (Å²) in [5.41, 5.74) is -1.57. The van der Waals surface area contributed by atoms with Crippen molar-refractivity contribution < 1.29 is 68.4 Å². The molecule has 0 bridgehead atoms. The van der Waals surface area contributed by atoms with E-state index in [1.54, 1.807) is 6.92 Å². The van der Waals surface area contributed by atoms with Gasteiger partial charge in [0, 0.05) is 38.4 Å². The molecule has 0 rings (SSSR count). The predicted octanol–water partition coefficient (Wildman–Crippen LogP) is -0.0399. The van der Waals surface area contributed by atoms with E-state index in [9.17, 15) is 28.7 Å². The summed E-state index contributed by atoms with van der Waals surface area (Å²) in [7, 11) is 4.03. The minimum Gasteiger partial charge on any atom is -0.395 e. The second kappa shape index (κ2) is 25.9. The highest BCUT2D eigenvalue weighted by Crippen LogP contribution is 2.56. The van der Waals surface area contributed by atoms with Crippen molar-refractivity contribution >= 4 is 65.1 Å². The van der Waals surface area contributed by atoms with Crippen LogP contribution in [0.2, 0.25) is 0 Å². The van der Waals surface area contributed by atoms with Gasteiger partial charge in [-0.3, -0.25) is 14.0 Å². The minimum atomic E-state index is -3.61. The molecule has 22 heteroatoms. The van der Waals surface area contributed by atoms with Crippen LogP contribution in [0.3, 0.4) is 0 Å². The van der Waals surface area contributed by atoms with E-state index in [0.717, 1.165) is 5.82 Å². The van der Waals surface area contributed by atoms with Crippen LogP contribution in [0.1, 0.15) is 33.1 Å². The van der Waals surface area contributed by atoms with Crippen molar-refractivity contribution in [2.24, 2.45) is 0 Å². The summed E-state index contributed by atoms with van der Waals surface area (Å²) in [4.78, 5) is 41.2. The minimum absolute atomic E-state index is 0.0952. The lowest BCUT2D eigenvalue weighted by molar-refractivity contribution is -0.0912. The Morgan fingerprint density at radius 2 is 1.31 bits per heavy atom. The van der Waals surface area contributed by atoms with Crippen LogP contribution in [0.5, 0.6) is 0 Å². The maximum Gasteiger partial charge on any atom is 0.382 e. The Bertz CT molecular complexity index is 1130. The van der Waals surface area contributed by atoms with Crippen LogP contribution in [0.4, 0.5) is 0 Å². The maximum absolute atomic E-state index is 11.8. The molecule has 9 N–H and O–H groups in total. The van der Waals surface area contributed by atoms with Crippen molar-refractivity contribution in [2.45, 2.75) is 69.1 Å². The van der Waals surface area contributed by atoms with Gasteiger partial charge in [-0.15, -0.1) is 0 Å². The van der Waals surface area contributed by atoms with Gasteiger partial charge in [-0.1, -0.05) is 26.4 Å². The van der Waals surface area contributed by atoms with Crippen LogP contribution in [-0.4, -0.2) is 182 Å². The van der Waals surface area contributed by atoms with Crippen LogP contribution in [0, 0.1) is 6.57 Å². The summed E-state index contributed by atoms with van der Waals surface area (Å²) in [5.74, 6) is 0.592. The molecular formula is C26H54B3NO14P4. The maximum atomic E-state index is 11.8. The number of aliphatic hydroxyl groups is 5. The van der Waals surface area contributed by atoms with Crippen LogP contribution in [0.15, 0.2) is 11.9 Å². The first-order chi connectivity index (χ1) is 21.8. The molecule has 0 aromatic rings. The van der Waals surface area contributed by atoms with Crippen LogP contribution >= 0.6 is 29.0 Å². The highest BCUT2D eigenvalue weighted by molar-refractivity contribution is 7.81. The lowest BCUT2D eigenvalue weighted by Crippen LogP contribution is -2.40. The van der Waals surface area contributed by atoms with Gasteiger partial charge in [0.2, 0.25) is 14.7 Å². The summed E-state index contributed by atoms with van der Waals surface area (Å²) in [6.45, 7) is 11.0. The highest BCUT2D eigenvalue weighted by Gasteiger charge is 2.37. The molecular weight excluding hydrogens is 707 g/mol. The number of aliphatic hydroxyl groups excluding tert-OH is 5. The fraction of sp³-hybridized carbons (Fsp3) is 0.808. The molecule has 48 heavy (non-hydrogen) atoms. The molecule has 0 aliphatic carbocycles. The van der Waals surface area contributed by atoms with Crippen LogP contribution in [-0.2, 0) is 23.3 Å². The molecule has 0 heterocycles. The van der Waals surface area contributed by atoms with Crippen molar-refractivity contribution in [1.29, 1.82) is 0 Å². The number of hydrogen-bond acceptors (Lipinski definition) is 12. The zero-order valence-electron chi connectivity index (χ0n) is 28.3. The third kappa shape index (κ3) is 29.7. The molecule has 276 valence electrons. The van der Waals surface area contributed by atoms with Gasteiger partial charge in [0.15, 0.2) is 13.2 Å². The Morgan fingerprint density at radius 1 is 0.812 bits per heavy atom. The first kappa shape index (κ1) is 52.4. The molecule has 0 aromatic heterocycles. The van der Waals surface area contributed by atoms with Gasteiger partial charge in [0.05, 0.1) is 43.8 Å². The molecule has 0 spiro atoms. The Labute approximate surface area is 289 Å². The predicted molar refractivity (Wildman–Crippen MR) is 197 cm³/mol. The van der Waals surface area contributed by atoms with E-state index in [4.69, 9.17) is 69.9 Å². The van der Waals surface area contributed by atoms with Crippen molar-refractivity contribution in [3.05, 3.63) is 23.3 Å². The van der Waals surface area contributed by atoms with Gasteiger partial charge in [-0.2, -0.15) is 0 Å². The summed E-state index contributed by atoms with van der Waals surface area (Å²) in [6, 6.07) is -2.09. The molecule has 0 fully saturated rings. The SMILES string of the molecule is [B][C@@H](CC)OC(CO)(CO)[N+]#[C-].[B][C@@H](CC)O[C@H](/C=C/P(=O)(O)CP(=C)(C)O)CO.[B][C@@H](CO)O[C@@H](CO)CCP(=O)(O)CP(=C)(C)O. The second-order valence-corrected chi connectivity index (χ2v) is 22.9. The smallest absolute Gasteiger partial charge is 0.382 e. The van der Waals surface area contributed by atoms with E-state index in [1.165, 1.54) is 19.4 Å². The summed E-state index contributed by atoms with van der Waals surface area (Å²) >= 11 is 0. The average molecular weight is 761 g/mol. The number of nitrogens with zero attached hydrogens (tertiary/aromatic N) is 1. The Kier molecular flexibility index (Phi) is 28.2. The summed E-state index contributed by atoms with van der Waals surface area (Å²) in [6.07, 6.45) is 7.91. The van der Waals surface area contributed by atoms with Crippen molar-refractivity contribution in [3.8, 4) is 0 Å². The van der Waals surface area contributed by atoms with E-state index >= 15 is 0 Å². The van der Waals surface area contributed by atoms with E-state index in [2.05, 4.69) is 17.4 Å². The standard InChI is InChI=1S/C10H21BO5P2.C9H21BO6P2.C7H12BNO3/c1-4-10(11)16-9(7-12)5-6-18(14,15)8-17(2,3)13;1-17(2,13)7-18(14,15)4-3-8(5-11)16-9(10)6-12;1-3-6(8)12-7(4-10,5-11)9-2/h5-6,9-10,12-13H,2,4,7-8H2,1,3H3,(H,14,15);8-9,11-13H,1,3-7H2,2H3,(H,14,15);6,10-11H,3-5H2,1H3/b6-5+;;/t9-,10-,17?;8-,9-,17?;6-/m111/s1. The zero-order valence-corrected chi connectivity index (χ0v) is 31.8. The molecule has 0 saturated carbocycles. The van der Waals surface area contributed by atoms with Gasteiger partial charge in [0.25, 0.3) is 0 Å². The van der Waals surface area contributed by atoms with E-state index < -0.39 is 84.7 Å². The first-order valence-electron chi connectivity index (χ1n) is 14.7. The molecule has 0 aliphatic rings. The fourth-order valence-electron chi connectivity index (χ4n) is 3.16. The third-order valence-corrected chi connectivity index (χ3v) is 15.4. The number of hydrogen-bond donors (Lipinski definition) is 9. The van der Waals surface area contributed by atoms with Gasteiger partial charge in [-0.05, 0) is 44.5 Å². The quantitative estimate of drug-likeness (QED) is 0.0400. The highest BCUT2D eigenvalue weighted by atomic mass is 31.2. The molecule has 0 aliphatic heterocycles. The third-order valence-electron chi connectivity index (χ3n) is 5.52. The second-order valence-electron chi connectivity index (χ2n) is 11.3. The summed E-state index contributed by atoms with van der Waals surface area (Å²) < 4.78 is 38.7. The molecule has 6 radical (unpaired) electrons. The normalized spacial score (nSPS) is 20.0. The van der Waals surface area contributed by atoms with E-state index in [-0.39, 0.29) is 37.6 Å². The van der Waals surface area contributed by atoms with Crippen molar-refractivity contribution in [1.82, 2.24) is 0 Å². The zero-order chi connectivity index (χ0) is 38.4. The molecule has 9 atom stereocenters. The number of rotatable bonds is 22. The van der Waals surface area contributed by atoms with E-state index in [1.807, 2.05) is 6.92 Å². The Balaban J connectivity index is -0.000000647. The Morgan fingerprint density at radius 3 is 1.67 bits per heavy atom.